The summed E-state index contributed by atoms with van der Waals surface area (Å²) in [6.45, 7) is 0.706. The van der Waals surface area contributed by atoms with E-state index in [9.17, 15) is 9.59 Å². The highest BCUT2D eigenvalue weighted by molar-refractivity contribution is 7.14. The van der Waals surface area contributed by atoms with Gasteiger partial charge in [-0.3, -0.25) is 14.5 Å². The van der Waals surface area contributed by atoms with E-state index in [4.69, 9.17) is 10.4 Å². The molecule has 0 aromatic carbocycles. The van der Waals surface area contributed by atoms with Gasteiger partial charge in [0.1, 0.15) is 11.1 Å². The van der Waals surface area contributed by atoms with Crippen LogP contribution in [0.5, 0.6) is 0 Å². The molecular weight excluding hydrogens is 266 g/mol. The van der Waals surface area contributed by atoms with Gasteiger partial charge in [-0.25, -0.2) is 0 Å². The molecule has 102 valence electrons. The molecule has 0 bridgehead atoms. The van der Waals surface area contributed by atoms with E-state index in [0.29, 0.717) is 23.5 Å². The molecular formula is C12H15N3O3S. The zero-order chi connectivity index (χ0) is 14.3. The van der Waals surface area contributed by atoms with Crippen LogP contribution in [0.3, 0.4) is 0 Å². The van der Waals surface area contributed by atoms with Crippen molar-refractivity contribution in [3.8, 4) is 6.07 Å². The second-order valence-corrected chi connectivity index (χ2v) is 4.97. The zero-order valence-electron chi connectivity index (χ0n) is 10.5. The number of thiophene rings is 1. The van der Waals surface area contributed by atoms with Crippen LogP contribution in [0.1, 0.15) is 18.4 Å². The van der Waals surface area contributed by atoms with Crippen LogP contribution >= 0.6 is 11.3 Å². The van der Waals surface area contributed by atoms with E-state index < -0.39 is 5.97 Å². The summed E-state index contributed by atoms with van der Waals surface area (Å²) in [7, 11) is 1.75. The van der Waals surface area contributed by atoms with E-state index in [1.165, 1.54) is 11.3 Å². The first kappa shape index (κ1) is 15.1. The zero-order valence-corrected chi connectivity index (χ0v) is 11.4. The highest BCUT2D eigenvalue weighted by Gasteiger charge is 2.10. The van der Waals surface area contributed by atoms with Gasteiger partial charge < -0.3 is 10.4 Å². The monoisotopic (exact) mass is 281 g/mol. The lowest BCUT2D eigenvalue weighted by Gasteiger charge is -2.15. The maximum absolute atomic E-state index is 11.7. The molecule has 0 aliphatic heterocycles. The number of nitrogens with zero attached hydrogens (tertiary/aromatic N) is 2. The number of anilines is 1. The minimum atomic E-state index is -0.838. The van der Waals surface area contributed by atoms with Gasteiger partial charge in [0.25, 0.3) is 0 Å². The number of carbonyl (C=O) groups is 2. The number of amides is 1. The van der Waals surface area contributed by atoms with E-state index >= 15 is 0 Å². The van der Waals surface area contributed by atoms with E-state index in [2.05, 4.69) is 5.32 Å². The van der Waals surface area contributed by atoms with Crippen LogP contribution in [-0.4, -0.2) is 42.0 Å². The molecule has 1 amide bonds. The average Bonchev–Trinajstić information content (AvgIpc) is 2.75. The van der Waals surface area contributed by atoms with Crippen molar-refractivity contribution in [3.05, 3.63) is 17.0 Å². The van der Waals surface area contributed by atoms with Crippen LogP contribution in [0.4, 0.5) is 5.00 Å². The Balaban J connectivity index is 2.35. The molecule has 0 saturated carbocycles. The van der Waals surface area contributed by atoms with Crippen LogP contribution in [0, 0.1) is 11.3 Å². The Morgan fingerprint density at radius 1 is 1.58 bits per heavy atom. The number of carboxylic acid groups (broad SMARTS) is 1. The van der Waals surface area contributed by atoms with Crippen molar-refractivity contribution in [2.75, 3.05) is 25.5 Å². The Morgan fingerprint density at radius 3 is 2.95 bits per heavy atom. The molecule has 0 spiro atoms. The normalized spacial score (nSPS) is 10.2. The van der Waals surface area contributed by atoms with Gasteiger partial charge in [0.15, 0.2) is 0 Å². The van der Waals surface area contributed by atoms with Crippen LogP contribution in [0.2, 0.25) is 0 Å². The predicted octanol–water partition coefficient (Wildman–Crippen LogP) is 1.35. The summed E-state index contributed by atoms with van der Waals surface area (Å²) in [6.07, 6.45) is 0.594. The minimum absolute atomic E-state index is 0.0927. The van der Waals surface area contributed by atoms with E-state index in [1.54, 1.807) is 23.4 Å². The molecule has 0 saturated heterocycles. The molecule has 6 nitrogen and oxygen atoms in total. The van der Waals surface area contributed by atoms with Gasteiger partial charge in [-0.1, -0.05) is 0 Å². The largest absolute Gasteiger partial charge is 0.481 e. The lowest BCUT2D eigenvalue weighted by molar-refractivity contribution is -0.137. The number of nitriles is 1. The van der Waals surface area contributed by atoms with Gasteiger partial charge in [0.05, 0.1) is 12.1 Å². The quantitative estimate of drug-likeness (QED) is 0.787. The van der Waals surface area contributed by atoms with Crippen LogP contribution in [0.25, 0.3) is 0 Å². The Bertz CT molecular complexity index is 493. The number of nitrogens with one attached hydrogen (secondary N) is 1. The number of likely N-dealkylation sites (N-methyl/N-ethyl adjacent to an activating group) is 1. The van der Waals surface area contributed by atoms with Crippen molar-refractivity contribution < 1.29 is 14.7 Å². The fourth-order valence-electron chi connectivity index (χ4n) is 1.48. The smallest absolute Gasteiger partial charge is 0.303 e. The van der Waals surface area contributed by atoms with Gasteiger partial charge in [0.2, 0.25) is 5.91 Å². The average molecular weight is 281 g/mol. The Morgan fingerprint density at radius 2 is 2.32 bits per heavy atom. The molecule has 0 aliphatic carbocycles. The third-order valence-corrected chi connectivity index (χ3v) is 3.21. The Labute approximate surface area is 115 Å². The van der Waals surface area contributed by atoms with Gasteiger partial charge >= 0.3 is 5.97 Å². The fraction of sp³-hybridized carbons (Fsp3) is 0.417. The van der Waals surface area contributed by atoms with Gasteiger partial charge in [-0.05, 0) is 31.5 Å². The highest BCUT2D eigenvalue weighted by atomic mass is 32.1. The van der Waals surface area contributed by atoms with Gasteiger partial charge in [-0.15, -0.1) is 11.3 Å². The first-order valence-corrected chi connectivity index (χ1v) is 6.58. The van der Waals surface area contributed by atoms with Crippen LogP contribution in [0.15, 0.2) is 11.4 Å². The topological polar surface area (TPSA) is 93.4 Å². The SMILES string of the molecule is CN(CCCC(=O)O)CC(=O)Nc1sccc1C#N. The second-order valence-electron chi connectivity index (χ2n) is 4.06. The molecule has 1 heterocycles. The lowest BCUT2D eigenvalue weighted by Crippen LogP contribution is -2.31. The molecule has 0 atom stereocenters. The van der Waals surface area contributed by atoms with Crippen molar-refractivity contribution >= 4 is 28.2 Å². The molecule has 1 rings (SSSR count). The summed E-state index contributed by atoms with van der Waals surface area (Å²) >= 11 is 1.30. The second kappa shape index (κ2) is 7.51. The molecule has 0 fully saturated rings. The molecule has 7 heteroatoms. The Kier molecular flexibility index (Phi) is 5.99. The number of carboxylic acids is 1. The molecule has 0 aliphatic rings. The van der Waals surface area contributed by atoms with Crippen LogP contribution in [-0.2, 0) is 9.59 Å². The summed E-state index contributed by atoms with van der Waals surface area (Å²) in [4.78, 5) is 23.8. The maximum atomic E-state index is 11.7. The molecule has 0 radical (unpaired) electrons. The molecule has 19 heavy (non-hydrogen) atoms. The first-order valence-electron chi connectivity index (χ1n) is 5.70. The summed E-state index contributed by atoms with van der Waals surface area (Å²) in [5.41, 5.74) is 0.451. The van der Waals surface area contributed by atoms with Crippen molar-refractivity contribution in [1.82, 2.24) is 4.90 Å². The minimum Gasteiger partial charge on any atom is -0.481 e. The van der Waals surface area contributed by atoms with E-state index in [1.807, 2.05) is 6.07 Å². The highest BCUT2D eigenvalue weighted by Crippen LogP contribution is 2.21. The van der Waals surface area contributed by atoms with E-state index in [0.717, 1.165) is 0 Å². The third-order valence-electron chi connectivity index (χ3n) is 2.38. The molecule has 0 unspecified atom stereocenters. The summed E-state index contributed by atoms with van der Waals surface area (Å²) < 4.78 is 0. The number of carbonyl (C=O) groups excluding carboxylic acids is 1. The van der Waals surface area contributed by atoms with Crippen molar-refractivity contribution in [2.24, 2.45) is 0 Å². The molecule has 1 aromatic rings. The molecule has 2 N–H and O–H groups in total. The van der Waals surface area contributed by atoms with E-state index in [-0.39, 0.29) is 18.9 Å². The van der Waals surface area contributed by atoms with Crippen molar-refractivity contribution in [1.29, 1.82) is 5.26 Å². The lowest BCUT2D eigenvalue weighted by atomic mass is 10.3. The maximum Gasteiger partial charge on any atom is 0.303 e. The Hall–Kier alpha value is -1.91. The fourth-order valence-corrected chi connectivity index (χ4v) is 2.24. The third kappa shape index (κ3) is 5.50. The summed E-state index contributed by atoms with van der Waals surface area (Å²) in [5.74, 6) is -1.05. The number of aliphatic carboxylic acids is 1. The van der Waals surface area contributed by atoms with Gasteiger partial charge in [-0.2, -0.15) is 5.26 Å². The number of hydrogen-bond donors (Lipinski definition) is 2. The summed E-state index contributed by atoms with van der Waals surface area (Å²) in [6, 6.07) is 3.65. The summed E-state index contributed by atoms with van der Waals surface area (Å²) in [5, 5.41) is 22.3. The standard InChI is InChI=1S/C12H15N3O3S/c1-15(5-2-3-11(17)18)8-10(16)14-12-9(7-13)4-6-19-12/h4,6H,2-3,5,8H2,1H3,(H,14,16)(H,17,18). The predicted molar refractivity (Wildman–Crippen MR) is 72.0 cm³/mol. The first-order chi connectivity index (χ1) is 9.02. The van der Waals surface area contributed by atoms with Crippen molar-refractivity contribution in [3.63, 3.8) is 0 Å². The number of hydrogen-bond acceptors (Lipinski definition) is 5. The number of rotatable bonds is 7. The van der Waals surface area contributed by atoms with Crippen LogP contribution < -0.4 is 5.32 Å². The molecule has 1 aromatic heterocycles. The van der Waals surface area contributed by atoms with Gasteiger partial charge in [0, 0.05) is 6.42 Å². The van der Waals surface area contributed by atoms with Crippen molar-refractivity contribution in [2.45, 2.75) is 12.8 Å².